The van der Waals surface area contributed by atoms with Gasteiger partial charge in [0.1, 0.15) is 0 Å². The molecule has 2 heterocycles. The summed E-state index contributed by atoms with van der Waals surface area (Å²) in [6.45, 7) is 5.69. The van der Waals surface area contributed by atoms with E-state index >= 15 is 0 Å². The van der Waals surface area contributed by atoms with Gasteiger partial charge in [-0.25, -0.2) is 0 Å². The highest BCUT2D eigenvalue weighted by Gasteiger charge is 2.33. The summed E-state index contributed by atoms with van der Waals surface area (Å²) in [6, 6.07) is 3.89. The van der Waals surface area contributed by atoms with E-state index in [1.165, 1.54) is 0 Å². The summed E-state index contributed by atoms with van der Waals surface area (Å²) >= 11 is 0. The number of carbonyl (C=O) groups excluding carboxylic acids is 1. The Hall–Kier alpha value is -1.95. The molecule has 0 bridgehead atoms. The van der Waals surface area contributed by atoms with Crippen LogP contribution in [0.2, 0.25) is 0 Å². The summed E-state index contributed by atoms with van der Waals surface area (Å²) in [5.74, 6) is 0.707. The van der Waals surface area contributed by atoms with Crippen molar-refractivity contribution >= 4 is 17.5 Å². The van der Waals surface area contributed by atoms with Crippen LogP contribution in [0.25, 0.3) is 5.65 Å². The number of aromatic nitrogens is 3. The zero-order valence-electron chi connectivity index (χ0n) is 13.9. The molecule has 1 aliphatic carbocycles. The van der Waals surface area contributed by atoms with Crippen molar-refractivity contribution in [3.8, 4) is 0 Å². The fourth-order valence-electron chi connectivity index (χ4n) is 3.35. The molecule has 124 valence electrons. The number of nitrogens with zero attached hydrogens (tertiary/aromatic N) is 3. The molecule has 0 aromatic carbocycles. The van der Waals surface area contributed by atoms with Crippen LogP contribution >= 0.6 is 0 Å². The minimum absolute atomic E-state index is 0.00549. The summed E-state index contributed by atoms with van der Waals surface area (Å²) in [5, 5.41) is 21.1. The number of hydrogen-bond donors (Lipinski definition) is 2. The van der Waals surface area contributed by atoms with E-state index in [-0.39, 0.29) is 17.7 Å². The van der Waals surface area contributed by atoms with Crippen molar-refractivity contribution in [2.45, 2.75) is 52.1 Å². The van der Waals surface area contributed by atoms with Crippen LogP contribution < -0.4 is 5.32 Å². The maximum absolute atomic E-state index is 12.5. The molecule has 1 amide bonds. The highest BCUT2D eigenvalue weighted by atomic mass is 16.3. The van der Waals surface area contributed by atoms with E-state index in [1.54, 1.807) is 4.40 Å². The number of amides is 1. The first-order chi connectivity index (χ1) is 10.8. The quantitative estimate of drug-likeness (QED) is 0.912. The van der Waals surface area contributed by atoms with Crippen LogP contribution in [0.5, 0.6) is 0 Å². The molecule has 2 N–H and O–H groups in total. The van der Waals surface area contributed by atoms with Gasteiger partial charge >= 0.3 is 0 Å². The summed E-state index contributed by atoms with van der Waals surface area (Å²) in [6.07, 6.45) is 5.22. The number of anilines is 1. The van der Waals surface area contributed by atoms with Crippen LogP contribution in [0.15, 0.2) is 18.3 Å². The largest absolute Gasteiger partial charge is 0.390 e. The molecular weight excluding hydrogens is 292 g/mol. The molecule has 3 rings (SSSR count). The van der Waals surface area contributed by atoms with Gasteiger partial charge in [-0.2, -0.15) is 0 Å². The third-order valence-electron chi connectivity index (χ3n) is 4.90. The molecule has 2 aromatic rings. The molecule has 0 radical (unpaired) electrons. The Balaban J connectivity index is 1.65. The minimum atomic E-state index is -0.664. The molecule has 1 aliphatic rings. The molecule has 0 unspecified atom stereocenters. The van der Waals surface area contributed by atoms with Gasteiger partial charge in [-0.3, -0.25) is 14.5 Å². The van der Waals surface area contributed by atoms with Crippen molar-refractivity contribution in [1.82, 2.24) is 14.6 Å². The number of aliphatic hydroxyl groups is 1. The lowest BCUT2D eigenvalue weighted by Gasteiger charge is -2.35. The topological polar surface area (TPSA) is 79.5 Å². The van der Waals surface area contributed by atoms with E-state index in [0.717, 1.165) is 36.9 Å². The van der Waals surface area contributed by atoms with Gasteiger partial charge in [-0.05, 0) is 70.1 Å². The Morgan fingerprint density at radius 1 is 1.30 bits per heavy atom. The number of carbonyl (C=O) groups is 1. The molecule has 6 heteroatoms. The van der Waals surface area contributed by atoms with E-state index < -0.39 is 5.60 Å². The highest BCUT2D eigenvalue weighted by Crippen LogP contribution is 2.35. The zero-order valence-corrected chi connectivity index (χ0v) is 13.9. The first-order valence-corrected chi connectivity index (χ1v) is 8.19. The smallest absolute Gasteiger partial charge is 0.235 e. The number of aryl methyl sites for hydroxylation is 1. The third kappa shape index (κ3) is 3.37. The molecule has 6 nitrogen and oxygen atoms in total. The number of fused-ring (bicyclic) bond motifs is 1. The Morgan fingerprint density at radius 3 is 2.65 bits per heavy atom. The maximum atomic E-state index is 12.5. The average Bonchev–Trinajstić information content (AvgIpc) is 2.88. The van der Waals surface area contributed by atoms with Gasteiger partial charge in [-0.15, -0.1) is 10.2 Å². The lowest BCUT2D eigenvalue weighted by Crippen LogP contribution is -2.36. The van der Waals surface area contributed by atoms with Crippen LogP contribution in [-0.2, 0) is 4.79 Å². The first-order valence-electron chi connectivity index (χ1n) is 8.19. The number of nitrogens with one attached hydrogen (secondary N) is 1. The van der Waals surface area contributed by atoms with Crippen LogP contribution in [0, 0.1) is 18.8 Å². The van der Waals surface area contributed by atoms with Gasteiger partial charge in [-0.1, -0.05) is 0 Å². The lowest BCUT2D eigenvalue weighted by atomic mass is 9.74. The zero-order chi connectivity index (χ0) is 16.6. The second kappa shape index (κ2) is 5.92. The summed E-state index contributed by atoms with van der Waals surface area (Å²) in [7, 11) is 0. The molecule has 23 heavy (non-hydrogen) atoms. The Bertz CT molecular complexity index is 709. The number of pyridine rings is 1. The van der Waals surface area contributed by atoms with Crippen molar-refractivity contribution in [1.29, 1.82) is 0 Å². The second-order valence-corrected chi connectivity index (χ2v) is 7.15. The van der Waals surface area contributed by atoms with Gasteiger partial charge in [0.2, 0.25) is 11.9 Å². The highest BCUT2D eigenvalue weighted by molar-refractivity contribution is 5.91. The monoisotopic (exact) mass is 316 g/mol. The molecule has 2 aromatic heterocycles. The predicted octanol–water partition coefficient (Wildman–Crippen LogP) is 2.55. The van der Waals surface area contributed by atoms with Crippen LogP contribution in [-0.4, -0.2) is 31.2 Å². The van der Waals surface area contributed by atoms with Crippen molar-refractivity contribution < 1.29 is 9.90 Å². The van der Waals surface area contributed by atoms with Crippen LogP contribution in [0.3, 0.4) is 0 Å². The van der Waals surface area contributed by atoms with Crippen molar-refractivity contribution in [3.63, 3.8) is 0 Å². The summed E-state index contributed by atoms with van der Waals surface area (Å²) in [5.41, 5.74) is 1.17. The Labute approximate surface area is 135 Å². The van der Waals surface area contributed by atoms with E-state index in [0.29, 0.717) is 5.95 Å². The van der Waals surface area contributed by atoms with Gasteiger partial charge in [0.05, 0.1) is 5.60 Å². The van der Waals surface area contributed by atoms with E-state index in [1.807, 2.05) is 39.1 Å². The van der Waals surface area contributed by atoms with Gasteiger partial charge in [0.15, 0.2) is 5.65 Å². The molecule has 0 atom stereocenters. The van der Waals surface area contributed by atoms with Gasteiger partial charge in [0.25, 0.3) is 0 Å². The standard InChI is InChI=1S/C17H24N4O2/c1-11-8-9-21-14(10-11)19-20-16(21)18-15(22)12-4-6-13(7-5-12)17(2,3)23/h8-10,12-13,23H,4-7H2,1-3H3,(H,18,20,22). The molecule has 0 aliphatic heterocycles. The number of rotatable bonds is 3. The Kier molecular flexibility index (Phi) is 4.10. The number of hydrogen-bond acceptors (Lipinski definition) is 4. The lowest BCUT2D eigenvalue weighted by molar-refractivity contribution is -0.122. The summed E-state index contributed by atoms with van der Waals surface area (Å²) < 4.78 is 1.79. The van der Waals surface area contributed by atoms with Crippen molar-refractivity contribution in [2.75, 3.05) is 5.32 Å². The molecule has 1 fully saturated rings. The minimum Gasteiger partial charge on any atom is -0.390 e. The molecule has 1 saturated carbocycles. The van der Waals surface area contributed by atoms with Crippen LogP contribution in [0.1, 0.15) is 45.1 Å². The molecule has 0 spiro atoms. The maximum Gasteiger partial charge on any atom is 0.235 e. The van der Waals surface area contributed by atoms with Gasteiger partial charge < -0.3 is 5.11 Å². The fraction of sp³-hybridized carbons (Fsp3) is 0.588. The van der Waals surface area contributed by atoms with E-state index in [4.69, 9.17) is 0 Å². The molecule has 0 saturated heterocycles. The summed E-state index contributed by atoms with van der Waals surface area (Å²) in [4.78, 5) is 12.5. The fourth-order valence-corrected chi connectivity index (χ4v) is 3.35. The Morgan fingerprint density at radius 2 is 2.00 bits per heavy atom. The SMILES string of the molecule is Cc1ccn2c(NC(=O)C3CCC(C(C)(C)O)CC3)nnc2c1. The average molecular weight is 316 g/mol. The van der Waals surface area contributed by atoms with E-state index in [2.05, 4.69) is 15.5 Å². The second-order valence-electron chi connectivity index (χ2n) is 7.15. The van der Waals surface area contributed by atoms with Crippen LogP contribution in [0.4, 0.5) is 5.95 Å². The first kappa shape index (κ1) is 15.9. The van der Waals surface area contributed by atoms with Crippen molar-refractivity contribution in [3.05, 3.63) is 23.9 Å². The third-order valence-corrected chi connectivity index (χ3v) is 4.90. The van der Waals surface area contributed by atoms with Crippen molar-refractivity contribution in [2.24, 2.45) is 11.8 Å². The normalized spacial score (nSPS) is 22.3. The predicted molar refractivity (Wildman–Crippen MR) is 88.1 cm³/mol. The van der Waals surface area contributed by atoms with E-state index in [9.17, 15) is 9.90 Å². The van der Waals surface area contributed by atoms with Gasteiger partial charge in [0, 0.05) is 12.1 Å². The molecular formula is C17H24N4O2.